The van der Waals surface area contributed by atoms with Gasteiger partial charge in [-0.1, -0.05) is 13.8 Å². The molecule has 2 unspecified atom stereocenters. The molecular formula is C11H24N2OS. The highest BCUT2D eigenvalue weighted by Crippen LogP contribution is 2.15. The van der Waals surface area contributed by atoms with Gasteiger partial charge in [0.2, 0.25) is 0 Å². The predicted molar refractivity (Wildman–Crippen MR) is 67.5 cm³/mol. The van der Waals surface area contributed by atoms with Crippen LogP contribution in [0.25, 0.3) is 0 Å². The maximum atomic E-state index is 9.86. The maximum Gasteiger partial charge on any atom is 0.0791 e. The van der Waals surface area contributed by atoms with Crippen molar-refractivity contribution in [3.8, 4) is 0 Å². The van der Waals surface area contributed by atoms with Crippen LogP contribution in [0.2, 0.25) is 0 Å². The van der Waals surface area contributed by atoms with E-state index in [4.69, 9.17) is 0 Å². The maximum absolute atomic E-state index is 9.86. The Kier molecular flexibility index (Phi) is 5.97. The molecule has 0 aromatic rings. The molecule has 4 heteroatoms. The van der Waals surface area contributed by atoms with Crippen LogP contribution < -0.4 is 5.32 Å². The van der Waals surface area contributed by atoms with Crippen LogP contribution in [0.1, 0.15) is 20.8 Å². The zero-order chi connectivity index (χ0) is 11.3. The van der Waals surface area contributed by atoms with Gasteiger partial charge in [-0.25, -0.2) is 0 Å². The molecule has 3 nitrogen and oxygen atoms in total. The minimum absolute atomic E-state index is 0.238. The number of rotatable bonds is 5. The fourth-order valence-corrected chi connectivity index (χ4v) is 2.82. The minimum atomic E-state index is -0.238. The Bertz CT molecular complexity index is 178. The molecule has 0 spiro atoms. The number of nitrogens with one attached hydrogen (secondary N) is 1. The van der Waals surface area contributed by atoms with Crippen LogP contribution in [0.15, 0.2) is 0 Å². The molecule has 2 N–H and O–H groups in total. The Morgan fingerprint density at radius 2 is 2.27 bits per heavy atom. The van der Waals surface area contributed by atoms with Crippen molar-refractivity contribution in [1.82, 2.24) is 10.2 Å². The van der Waals surface area contributed by atoms with Crippen molar-refractivity contribution in [3.05, 3.63) is 0 Å². The standard InChI is InChI=1S/C11H24N2OS/c1-9(2)12-6-11(14)7-13-4-5-15-8-10(13)3/h9-12,14H,4-8H2,1-3H3. The summed E-state index contributed by atoms with van der Waals surface area (Å²) < 4.78 is 0. The van der Waals surface area contributed by atoms with E-state index in [0.29, 0.717) is 18.6 Å². The summed E-state index contributed by atoms with van der Waals surface area (Å²) in [5, 5.41) is 13.1. The highest BCUT2D eigenvalue weighted by atomic mass is 32.2. The third-order valence-corrected chi connectivity index (χ3v) is 3.90. The lowest BCUT2D eigenvalue weighted by molar-refractivity contribution is 0.0963. The van der Waals surface area contributed by atoms with E-state index in [9.17, 15) is 5.11 Å². The molecule has 0 saturated carbocycles. The van der Waals surface area contributed by atoms with Crippen molar-refractivity contribution < 1.29 is 5.11 Å². The molecule has 2 atom stereocenters. The van der Waals surface area contributed by atoms with Crippen LogP contribution in [0.4, 0.5) is 0 Å². The van der Waals surface area contributed by atoms with Crippen LogP contribution >= 0.6 is 11.8 Å². The van der Waals surface area contributed by atoms with E-state index in [-0.39, 0.29) is 6.10 Å². The first-order valence-corrected chi connectivity index (χ1v) is 6.98. The van der Waals surface area contributed by atoms with Gasteiger partial charge in [0.15, 0.2) is 0 Å². The Balaban J connectivity index is 2.20. The van der Waals surface area contributed by atoms with Gasteiger partial charge in [0.1, 0.15) is 0 Å². The number of aliphatic hydroxyl groups is 1. The largest absolute Gasteiger partial charge is 0.390 e. The van der Waals surface area contributed by atoms with Crippen LogP contribution in [-0.4, -0.2) is 59.3 Å². The zero-order valence-electron chi connectivity index (χ0n) is 10.1. The molecular weight excluding hydrogens is 208 g/mol. The lowest BCUT2D eigenvalue weighted by atomic mass is 10.2. The van der Waals surface area contributed by atoms with Crippen LogP contribution in [0.3, 0.4) is 0 Å². The minimum Gasteiger partial charge on any atom is -0.390 e. The van der Waals surface area contributed by atoms with E-state index in [0.717, 1.165) is 13.1 Å². The lowest BCUT2D eigenvalue weighted by Gasteiger charge is -2.34. The Labute approximate surface area is 97.6 Å². The fraction of sp³-hybridized carbons (Fsp3) is 1.00. The normalized spacial score (nSPS) is 25.8. The van der Waals surface area contributed by atoms with Crippen molar-refractivity contribution in [2.75, 3.05) is 31.1 Å². The second kappa shape index (κ2) is 6.74. The molecule has 1 heterocycles. The average molecular weight is 232 g/mol. The molecule has 0 aromatic carbocycles. The molecule has 1 aliphatic heterocycles. The van der Waals surface area contributed by atoms with Gasteiger partial charge in [0, 0.05) is 43.2 Å². The first-order valence-electron chi connectivity index (χ1n) is 5.83. The first kappa shape index (κ1) is 13.3. The van der Waals surface area contributed by atoms with Gasteiger partial charge in [-0.15, -0.1) is 0 Å². The van der Waals surface area contributed by atoms with Gasteiger partial charge in [0.05, 0.1) is 6.10 Å². The highest BCUT2D eigenvalue weighted by molar-refractivity contribution is 7.99. The summed E-state index contributed by atoms with van der Waals surface area (Å²) in [4.78, 5) is 2.39. The second-order valence-corrected chi connectivity index (χ2v) is 5.79. The van der Waals surface area contributed by atoms with Crippen molar-refractivity contribution in [2.45, 2.75) is 39.0 Å². The number of β-amino-alcohol motifs (C(OH)–C–C–N with tert-alkyl or cyclic N) is 1. The van der Waals surface area contributed by atoms with Gasteiger partial charge in [0.25, 0.3) is 0 Å². The second-order valence-electron chi connectivity index (χ2n) is 4.64. The summed E-state index contributed by atoms with van der Waals surface area (Å²) in [7, 11) is 0. The Morgan fingerprint density at radius 3 is 2.87 bits per heavy atom. The first-order chi connectivity index (χ1) is 7.09. The smallest absolute Gasteiger partial charge is 0.0791 e. The van der Waals surface area contributed by atoms with Gasteiger partial charge in [-0.05, 0) is 6.92 Å². The van der Waals surface area contributed by atoms with E-state index in [2.05, 4.69) is 31.0 Å². The molecule has 15 heavy (non-hydrogen) atoms. The van der Waals surface area contributed by atoms with Crippen LogP contribution in [-0.2, 0) is 0 Å². The summed E-state index contributed by atoms with van der Waals surface area (Å²) in [5.74, 6) is 2.40. The summed E-state index contributed by atoms with van der Waals surface area (Å²) >= 11 is 2.01. The van der Waals surface area contributed by atoms with E-state index in [1.165, 1.54) is 11.5 Å². The van der Waals surface area contributed by atoms with Crippen LogP contribution in [0, 0.1) is 0 Å². The van der Waals surface area contributed by atoms with Gasteiger partial charge >= 0.3 is 0 Å². The van der Waals surface area contributed by atoms with Gasteiger partial charge in [-0.2, -0.15) is 11.8 Å². The molecule has 90 valence electrons. The van der Waals surface area contributed by atoms with Crippen molar-refractivity contribution in [1.29, 1.82) is 0 Å². The number of thioether (sulfide) groups is 1. The van der Waals surface area contributed by atoms with Gasteiger partial charge in [-0.3, -0.25) is 4.90 Å². The average Bonchev–Trinajstić information content (AvgIpc) is 2.18. The molecule has 1 fully saturated rings. The summed E-state index contributed by atoms with van der Waals surface area (Å²) in [6.07, 6.45) is -0.238. The number of aliphatic hydroxyl groups excluding tert-OH is 1. The van der Waals surface area contributed by atoms with E-state index >= 15 is 0 Å². The van der Waals surface area contributed by atoms with Crippen LogP contribution in [0.5, 0.6) is 0 Å². The quantitative estimate of drug-likeness (QED) is 0.734. The number of hydrogen-bond donors (Lipinski definition) is 2. The van der Waals surface area contributed by atoms with E-state index < -0.39 is 0 Å². The third kappa shape index (κ3) is 5.20. The zero-order valence-corrected chi connectivity index (χ0v) is 10.9. The number of hydrogen-bond acceptors (Lipinski definition) is 4. The molecule has 0 aromatic heterocycles. The monoisotopic (exact) mass is 232 g/mol. The predicted octanol–water partition coefficient (Wildman–Crippen LogP) is 0.783. The molecule has 1 aliphatic rings. The molecule has 0 amide bonds. The Hall–Kier alpha value is 0.230. The Morgan fingerprint density at radius 1 is 1.53 bits per heavy atom. The lowest BCUT2D eigenvalue weighted by Crippen LogP contribution is -2.47. The molecule has 0 bridgehead atoms. The molecule has 0 radical (unpaired) electrons. The van der Waals surface area contributed by atoms with Crippen molar-refractivity contribution in [2.24, 2.45) is 0 Å². The fourth-order valence-electron chi connectivity index (χ4n) is 1.74. The number of nitrogens with zero attached hydrogens (tertiary/aromatic N) is 1. The van der Waals surface area contributed by atoms with E-state index in [1.54, 1.807) is 0 Å². The van der Waals surface area contributed by atoms with E-state index in [1.807, 2.05) is 11.8 Å². The summed E-state index contributed by atoms with van der Waals surface area (Å²) in [5.41, 5.74) is 0. The topological polar surface area (TPSA) is 35.5 Å². The molecule has 0 aliphatic carbocycles. The molecule has 1 rings (SSSR count). The summed E-state index contributed by atoms with van der Waals surface area (Å²) in [6, 6.07) is 1.06. The van der Waals surface area contributed by atoms with Gasteiger partial charge < -0.3 is 10.4 Å². The van der Waals surface area contributed by atoms with Crippen molar-refractivity contribution in [3.63, 3.8) is 0 Å². The highest BCUT2D eigenvalue weighted by Gasteiger charge is 2.20. The third-order valence-electron chi connectivity index (χ3n) is 2.71. The molecule has 1 saturated heterocycles. The SMILES string of the molecule is CC(C)NCC(O)CN1CCSCC1C. The van der Waals surface area contributed by atoms with Crippen molar-refractivity contribution >= 4 is 11.8 Å². The summed E-state index contributed by atoms with van der Waals surface area (Å²) in [6.45, 7) is 9.08.